The van der Waals surface area contributed by atoms with Crippen molar-refractivity contribution in [3.05, 3.63) is 48.0 Å². The zero-order valence-electron chi connectivity index (χ0n) is 18.4. The number of amides is 2. The first-order valence-corrected chi connectivity index (χ1v) is 10.8. The highest BCUT2D eigenvalue weighted by Crippen LogP contribution is 2.37. The van der Waals surface area contributed by atoms with Gasteiger partial charge in [0, 0.05) is 23.7 Å². The average Bonchev–Trinajstić information content (AvgIpc) is 3.62. The van der Waals surface area contributed by atoms with Crippen LogP contribution in [0.4, 0.5) is 11.4 Å². The Kier molecular flexibility index (Phi) is 8.06. The predicted molar refractivity (Wildman–Crippen MR) is 122 cm³/mol. The first-order valence-electron chi connectivity index (χ1n) is 10.8. The van der Waals surface area contributed by atoms with Gasteiger partial charge in [-0.2, -0.15) is 5.26 Å². The third-order valence-corrected chi connectivity index (χ3v) is 4.92. The molecule has 168 valence electrons. The molecule has 0 aromatic heterocycles. The molecule has 0 bridgehead atoms. The summed E-state index contributed by atoms with van der Waals surface area (Å²) in [7, 11) is 0. The van der Waals surface area contributed by atoms with Crippen molar-refractivity contribution in [3.63, 3.8) is 0 Å². The fourth-order valence-corrected chi connectivity index (χ4v) is 3.31. The van der Waals surface area contributed by atoms with E-state index in [0.717, 1.165) is 12.8 Å². The van der Waals surface area contributed by atoms with Crippen molar-refractivity contribution in [2.75, 3.05) is 36.9 Å². The highest BCUT2D eigenvalue weighted by Gasteiger charge is 2.30. The number of nitriles is 1. The molecule has 0 radical (unpaired) electrons. The number of benzene rings is 2. The molecule has 3 rings (SSSR count). The number of hydrogen-bond acceptors (Lipinski definition) is 6. The number of nitrogens with zero attached hydrogens (tertiary/aromatic N) is 2. The summed E-state index contributed by atoms with van der Waals surface area (Å²) < 4.78 is 11.4. The molecule has 1 saturated carbocycles. The molecule has 2 amide bonds. The van der Waals surface area contributed by atoms with Crippen LogP contribution in [0.15, 0.2) is 42.5 Å². The van der Waals surface area contributed by atoms with Crippen molar-refractivity contribution in [1.82, 2.24) is 4.90 Å². The number of nitrogens with one attached hydrogen (secondary N) is 2. The van der Waals surface area contributed by atoms with Gasteiger partial charge < -0.3 is 20.1 Å². The fraction of sp³-hybridized carbons (Fsp3) is 0.375. The molecule has 8 nitrogen and oxygen atoms in total. The van der Waals surface area contributed by atoms with E-state index in [-0.39, 0.29) is 24.9 Å². The molecule has 1 aliphatic rings. The van der Waals surface area contributed by atoms with Gasteiger partial charge in [-0.25, -0.2) is 0 Å². The van der Waals surface area contributed by atoms with E-state index in [2.05, 4.69) is 16.7 Å². The standard InChI is InChI=1S/C24H28N4O4/c1-3-31-21-15-20(27-24(30)17-8-6-5-7-9-17)22(32-4-2)14-19(21)26-23(29)16-28(13-12-25)18-10-11-18/h5-9,14-15,18H,3-4,10-11,13,16H2,1-2H3,(H,26,29)(H,27,30). The first-order chi connectivity index (χ1) is 15.5. The topological polar surface area (TPSA) is 104 Å². The Balaban J connectivity index is 1.82. The Labute approximate surface area is 188 Å². The fourth-order valence-electron chi connectivity index (χ4n) is 3.31. The van der Waals surface area contributed by atoms with Crippen LogP contribution in [-0.2, 0) is 4.79 Å². The number of hydrogen-bond donors (Lipinski definition) is 2. The maximum atomic E-state index is 12.7. The lowest BCUT2D eigenvalue weighted by molar-refractivity contribution is -0.117. The highest BCUT2D eigenvalue weighted by atomic mass is 16.5. The minimum atomic E-state index is -0.276. The molecule has 0 atom stereocenters. The molecule has 2 aromatic carbocycles. The second-order valence-corrected chi connectivity index (χ2v) is 7.37. The Bertz CT molecular complexity index is 983. The van der Waals surface area contributed by atoms with E-state index < -0.39 is 0 Å². The van der Waals surface area contributed by atoms with E-state index >= 15 is 0 Å². The van der Waals surface area contributed by atoms with Crippen LogP contribution in [-0.4, -0.2) is 49.1 Å². The summed E-state index contributed by atoms with van der Waals surface area (Å²) in [6.07, 6.45) is 2.01. The summed E-state index contributed by atoms with van der Waals surface area (Å²) in [5, 5.41) is 14.7. The van der Waals surface area contributed by atoms with E-state index in [4.69, 9.17) is 14.7 Å². The molecular formula is C24H28N4O4. The van der Waals surface area contributed by atoms with Crippen molar-refractivity contribution >= 4 is 23.2 Å². The van der Waals surface area contributed by atoms with Crippen molar-refractivity contribution in [3.8, 4) is 17.6 Å². The summed E-state index contributed by atoms with van der Waals surface area (Å²) in [6.45, 7) is 4.78. The van der Waals surface area contributed by atoms with Crippen LogP contribution in [0.3, 0.4) is 0 Å². The van der Waals surface area contributed by atoms with Crippen LogP contribution >= 0.6 is 0 Å². The van der Waals surface area contributed by atoms with Crippen LogP contribution in [0.2, 0.25) is 0 Å². The Hall–Kier alpha value is -3.57. The van der Waals surface area contributed by atoms with Gasteiger partial charge in [-0.05, 0) is 38.8 Å². The molecular weight excluding hydrogens is 408 g/mol. The summed E-state index contributed by atoms with van der Waals surface area (Å²) in [5.74, 6) is 0.330. The maximum absolute atomic E-state index is 12.7. The summed E-state index contributed by atoms with van der Waals surface area (Å²) in [4.78, 5) is 27.2. The van der Waals surface area contributed by atoms with Gasteiger partial charge in [-0.3, -0.25) is 14.5 Å². The lowest BCUT2D eigenvalue weighted by Crippen LogP contribution is -2.35. The van der Waals surface area contributed by atoms with E-state index in [1.54, 1.807) is 36.4 Å². The maximum Gasteiger partial charge on any atom is 0.255 e. The monoisotopic (exact) mass is 436 g/mol. The molecule has 0 saturated heterocycles. The first kappa shape index (κ1) is 23.1. The van der Waals surface area contributed by atoms with Gasteiger partial charge in [-0.15, -0.1) is 0 Å². The lowest BCUT2D eigenvalue weighted by Gasteiger charge is -2.20. The molecule has 2 aromatic rings. The van der Waals surface area contributed by atoms with E-state index in [9.17, 15) is 9.59 Å². The van der Waals surface area contributed by atoms with Gasteiger partial charge in [0.05, 0.1) is 43.7 Å². The summed E-state index contributed by atoms with van der Waals surface area (Å²) in [6, 6.07) is 14.6. The smallest absolute Gasteiger partial charge is 0.255 e. The number of anilines is 2. The average molecular weight is 437 g/mol. The Morgan fingerprint density at radius 1 is 1.03 bits per heavy atom. The minimum absolute atomic E-state index is 0.125. The minimum Gasteiger partial charge on any atom is -0.492 e. The van der Waals surface area contributed by atoms with Gasteiger partial charge in [-0.1, -0.05) is 18.2 Å². The molecule has 0 spiro atoms. The van der Waals surface area contributed by atoms with Gasteiger partial charge in [0.2, 0.25) is 5.91 Å². The highest BCUT2D eigenvalue weighted by molar-refractivity contribution is 6.05. The van der Waals surface area contributed by atoms with Gasteiger partial charge in [0.1, 0.15) is 11.5 Å². The molecule has 32 heavy (non-hydrogen) atoms. The summed E-state index contributed by atoms with van der Waals surface area (Å²) in [5.41, 5.74) is 1.42. The molecule has 0 aliphatic heterocycles. The van der Waals surface area contributed by atoms with Gasteiger partial charge in [0.15, 0.2) is 0 Å². The third kappa shape index (κ3) is 6.22. The van der Waals surface area contributed by atoms with Crippen LogP contribution in [0.5, 0.6) is 11.5 Å². The zero-order chi connectivity index (χ0) is 22.9. The molecule has 1 aliphatic carbocycles. The summed E-state index contributed by atoms with van der Waals surface area (Å²) >= 11 is 0. The van der Waals surface area contributed by atoms with Crippen molar-refractivity contribution in [2.45, 2.75) is 32.7 Å². The number of ether oxygens (including phenoxy) is 2. The number of carbonyl (C=O) groups excluding carboxylic acids is 2. The van der Waals surface area contributed by atoms with Crippen LogP contribution in [0.25, 0.3) is 0 Å². The lowest BCUT2D eigenvalue weighted by atomic mass is 10.2. The Morgan fingerprint density at radius 2 is 1.62 bits per heavy atom. The van der Waals surface area contributed by atoms with Gasteiger partial charge in [0.25, 0.3) is 5.91 Å². The second-order valence-electron chi connectivity index (χ2n) is 7.37. The van der Waals surface area contributed by atoms with Crippen molar-refractivity contribution in [2.24, 2.45) is 0 Å². The normalized spacial score (nSPS) is 12.7. The second kappa shape index (κ2) is 11.2. The van der Waals surface area contributed by atoms with Crippen LogP contribution in [0.1, 0.15) is 37.0 Å². The third-order valence-electron chi connectivity index (χ3n) is 4.92. The largest absolute Gasteiger partial charge is 0.492 e. The van der Waals surface area contributed by atoms with Gasteiger partial charge >= 0.3 is 0 Å². The van der Waals surface area contributed by atoms with Crippen LogP contribution < -0.4 is 20.1 Å². The predicted octanol–water partition coefficient (Wildman–Crippen LogP) is 3.66. The number of rotatable bonds is 11. The van der Waals surface area contributed by atoms with E-state index in [0.29, 0.717) is 47.7 Å². The molecule has 8 heteroatoms. The number of carbonyl (C=O) groups is 2. The molecule has 2 N–H and O–H groups in total. The molecule has 1 fully saturated rings. The molecule has 0 heterocycles. The van der Waals surface area contributed by atoms with Crippen molar-refractivity contribution in [1.29, 1.82) is 5.26 Å². The SMILES string of the molecule is CCOc1cc(NC(=O)c2ccccc2)c(OCC)cc1NC(=O)CN(CC#N)C1CC1. The van der Waals surface area contributed by atoms with Crippen molar-refractivity contribution < 1.29 is 19.1 Å². The quantitative estimate of drug-likeness (QED) is 0.521. The van der Waals surface area contributed by atoms with E-state index in [1.165, 1.54) is 0 Å². The molecule has 0 unspecified atom stereocenters. The van der Waals surface area contributed by atoms with Crippen LogP contribution in [0, 0.1) is 11.3 Å². The van der Waals surface area contributed by atoms with E-state index in [1.807, 2.05) is 24.8 Å². The zero-order valence-corrected chi connectivity index (χ0v) is 18.4. The Morgan fingerprint density at radius 3 is 2.16 bits per heavy atom.